The first-order valence-electron chi connectivity index (χ1n) is 2.41. The monoisotopic (exact) mass is 252 g/mol. The number of rotatable bonds is 0. The molecule has 48 valence electrons. The Bertz CT molecular complexity index is 268. The highest BCUT2D eigenvalue weighted by molar-refractivity contribution is 14.1. The van der Waals surface area contributed by atoms with Crippen LogP contribution in [0.1, 0.15) is 5.69 Å². The number of halogens is 1. The van der Waals surface area contributed by atoms with Gasteiger partial charge in [0.05, 0.1) is 9.90 Å². The van der Waals surface area contributed by atoms with Crippen LogP contribution in [0.4, 0.5) is 0 Å². The highest BCUT2D eigenvalue weighted by Crippen LogP contribution is 2.06. The van der Waals surface area contributed by atoms with Gasteiger partial charge in [0, 0.05) is 5.69 Å². The van der Waals surface area contributed by atoms with E-state index in [4.69, 9.17) is 12.2 Å². The minimum absolute atomic E-state index is 0.673. The second kappa shape index (κ2) is 2.74. The van der Waals surface area contributed by atoms with Crippen molar-refractivity contribution >= 4 is 34.8 Å². The Kier molecular flexibility index (Phi) is 2.18. The van der Waals surface area contributed by atoms with Crippen molar-refractivity contribution in [3.05, 3.63) is 20.2 Å². The second-order valence-corrected chi connectivity index (χ2v) is 3.11. The van der Waals surface area contributed by atoms with Crippen LogP contribution in [0.15, 0.2) is 6.33 Å². The number of aromatic nitrogens is 2. The van der Waals surface area contributed by atoms with Gasteiger partial charge in [-0.2, -0.15) is 0 Å². The summed E-state index contributed by atoms with van der Waals surface area (Å²) in [7, 11) is 0. The van der Waals surface area contributed by atoms with Crippen molar-refractivity contribution in [3.63, 3.8) is 0 Å². The minimum atomic E-state index is 0.673. The summed E-state index contributed by atoms with van der Waals surface area (Å²) in [4.78, 5) is 6.85. The molecule has 1 N–H and O–H groups in total. The molecule has 0 aliphatic rings. The highest BCUT2D eigenvalue weighted by atomic mass is 127. The third-order valence-electron chi connectivity index (χ3n) is 0.980. The number of H-pyrrole nitrogens is 1. The maximum atomic E-state index is 4.90. The van der Waals surface area contributed by atoms with Gasteiger partial charge in [-0.3, -0.25) is 0 Å². The first-order chi connectivity index (χ1) is 4.22. The van der Waals surface area contributed by atoms with E-state index in [9.17, 15) is 0 Å². The fourth-order valence-electron chi connectivity index (χ4n) is 0.468. The largest absolute Gasteiger partial charge is 0.349 e. The zero-order chi connectivity index (χ0) is 6.85. The lowest BCUT2D eigenvalue weighted by atomic mass is 10.5. The van der Waals surface area contributed by atoms with E-state index in [1.165, 1.54) is 0 Å². The summed E-state index contributed by atoms with van der Waals surface area (Å²) in [6.45, 7) is 1.97. The Hall–Kier alpha value is 0.0300. The van der Waals surface area contributed by atoms with Crippen molar-refractivity contribution in [3.8, 4) is 0 Å². The maximum Gasteiger partial charge on any atom is 0.142 e. The van der Waals surface area contributed by atoms with Crippen LogP contribution in [-0.2, 0) is 0 Å². The molecule has 1 rings (SSSR count). The molecule has 0 saturated carbocycles. The predicted octanol–water partition coefficient (Wildman–Crippen LogP) is 2.05. The van der Waals surface area contributed by atoms with Crippen LogP contribution >= 0.6 is 34.8 Å². The molecule has 0 radical (unpaired) electrons. The Balaban J connectivity index is 3.43. The maximum absolute atomic E-state index is 4.90. The Labute approximate surface area is 71.9 Å². The average molecular weight is 252 g/mol. The first kappa shape index (κ1) is 7.14. The molecular weight excluding hydrogens is 247 g/mol. The van der Waals surface area contributed by atoms with Gasteiger partial charge in [0.2, 0.25) is 0 Å². The summed E-state index contributed by atoms with van der Waals surface area (Å²) < 4.78 is 1.71. The first-order valence-corrected chi connectivity index (χ1v) is 3.90. The molecule has 1 heterocycles. The summed E-state index contributed by atoms with van der Waals surface area (Å²) in [6.07, 6.45) is 1.61. The molecule has 0 aliphatic heterocycles. The van der Waals surface area contributed by atoms with Crippen LogP contribution in [0.3, 0.4) is 0 Å². The summed E-state index contributed by atoms with van der Waals surface area (Å²) in [5, 5.41) is 0. The van der Waals surface area contributed by atoms with Crippen molar-refractivity contribution < 1.29 is 0 Å². The topological polar surface area (TPSA) is 28.7 Å². The van der Waals surface area contributed by atoms with Gasteiger partial charge in [0.1, 0.15) is 4.64 Å². The van der Waals surface area contributed by atoms with Gasteiger partial charge in [-0.15, -0.1) is 0 Å². The number of nitrogens with one attached hydrogen (secondary N) is 1. The van der Waals surface area contributed by atoms with Crippen LogP contribution in [0.2, 0.25) is 0 Å². The third-order valence-corrected chi connectivity index (χ3v) is 2.98. The fourth-order valence-corrected chi connectivity index (χ4v) is 0.969. The van der Waals surface area contributed by atoms with Gasteiger partial charge < -0.3 is 4.98 Å². The van der Waals surface area contributed by atoms with Crippen LogP contribution < -0.4 is 0 Å². The number of aromatic amines is 1. The highest BCUT2D eigenvalue weighted by Gasteiger charge is 1.92. The van der Waals surface area contributed by atoms with Gasteiger partial charge in [0.15, 0.2) is 0 Å². The van der Waals surface area contributed by atoms with Crippen LogP contribution in [0, 0.1) is 15.1 Å². The van der Waals surface area contributed by atoms with E-state index in [2.05, 4.69) is 32.6 Å². The van der Waals surface area contributed by atoms with E-state index >= 15 is 0 Å². The predicted molar refractivity (Wildman–Crippen MR) is 46.9 cm³/mol. The quantitative estimate of drug-likeness (QED) is 0.565. The third kappa shape index (κ3) is 1.48. The zero-order valence-corrected chi connectivity index (χ0v) is 7.78. The molecular formula is C5H5IN2S. The lowest BCUT2D eigenvalue weighted by Gasteiger charge is -1.93. The van der Waals surface area contributed by atoms with E-state index in [1.54, 1.807) is 6.33 Å². The molecule has 0 saturated heterocycles. The van der Waals surface area contributed by atoms with Crippen LogP contribution in [0.25, 0.3) is 0 Å². The van der Waals surface area contributed by atoms with Gasteiger partial charge in [-0.25, -0.2) is 4.98 Å². The van der Waals surface area contributed by atoms with Crippen molar-refractivity contribution in [2.75, 3.05) is 0 Å². The molecule has 0 atom stereocenters. The molecule has 0 unspecified atom stereocenters. The molecule has 0 fully saturated rings. The van der Waals surface area contributed by atoms with E-state index in [-0.39, 0.29) is 0 Å². The van der Waals surface area contributed by atoms with Gasteiger partial charge >= 0.3 is 0 Å². The van der Waals surface area contributed by atoms with Crippen molar-refractivity contribution in [2.45, 2.75) is 6.92 Å². The molecule has 0 bridgehead atoms. The molecule has 0 spiro atoms. The average Bonchev–Trinajstić information content (AvgIpc) is 1.83. The molecule has 4 heteroatoms. The molecule has 0 aromatic carbocycles. The summed E-state index contributed by atoms with van der Waals surface area (Å²) in [6, 6.07) is 0. The van der Waals surface area contributed by atoms with Gasteiger partial charge in [-0.05, 0) is 29.5 Å². The van der Waals surface area contributed by atoms with E-state index in [1.807, 2.05) is 6.92 Å². The molecule has 1 aromatic heterocycles. The standard InChI is InChI=1S/C5H5IN2S/c1-3-4(6)5(9)8-2-7-3/h2H,1H3,(H,7,8,9). The summed E-state index contributed by atoms with van der Waals surface area (Å²) in [5.74, 6) is 0. The lowest BCUT2D eigenvalue weighted by Crippen LogP contribution is -1.88. The SMILES string of the molecule is Cc1[nH]cnc(=S)c1I. The second-order valence-electron chi connectivity index (χ2n) is 1.65. The van der Waals surface area contributed by atoms with E-state index < -0.39 is 0 Å². The Morgan fingerprint density at radius 1 is 1.78 bits per heavy atom. The fraction of sp³-hybridized carbons (Fsp3) is 0.200. The molecule has 0 aliphatic carbocycles. The Morgan fingerprint density at radius 2 is 2.44 bits per heavy atom. The lowest BCUT2D eigenvalue weighted by molar-refractivity contribution is 1.07. The summed E-state index contributed by atoms with van der Waals surface area (Å²) >= 11 is 7.07. The van der Waals surface area contributed by atoms with Crippen molar-refractivity contribution in [1.29, 1.82) is 0 Å². The minimum Gasteiger partial charge on any atom is -0.349 e. The number of aryl methyl sites for hydroxylation is 1. The normalized spacial score (nSPS) is 9.56. The summed E-state index contributed by atoms with van der Waals surface area (Å²) in [5.41, 5.74) is 1.08. The zero-order valence-electron chi connectivity index (χ0n) is 4.81. The van der Waals surface area contributed by atoms with Crippen molar-refractivity contribution in [2.24, 2.45) is 0 Å². The van der Waals surface area contributed by atoms with Gasteiger partial charge in [-0.1, -0.05) is 12.2 Å². The van der Waals surface area contributed by atoms with Crippen LogP contribution in [-0.4, -0.2) is 9.97 Å². The molecule has 1 aromatic rings. The Morgan fingerprint density at radius 3 is 2.89 bits per heavy atom. The number of hydrogen-bond donors (Lipinski definition) is 1. The number of hydrogen-bond acceptors (Lipinski definition) is 2. The molecule has 2 nitrogen and oxygen atoms in total. The smallest absolute Gasteiger partial charge is 0.142 e. The number of nitrogens with zero attached hydrogens (tertiary/aromatic N) is 1. The van der Waals surface area contributed by atoms with Gasteiger partial charge in [0.25, 0.3) is 0 Å². The van der Waals surface area contributed by atoms with E-state index in [0.29, 0.717) is 4.64 Å². The van der Waals surface area contributed by atoms with E-state index in [0.717, 1.165) is 9.26 Å². The van der Waals surface area contributed by atoms with Crippen molar-refractivity contribution in [1.82, 2.24) is 9.97 Å². The van der Waals surface area contributed by atoms with Crippen LogP contribution in [0.5, 0.6) is 0 Å². The molecule has 9 heavy (non-hydrogen) atoms. The molecule has 0 amide bonds.